The largest absolute Gasteiger partial charge is 0.486 e. The molecule has 0 saturated heterocycles. The van der Waals surface area contributed by atoms with Crippen molar-refractivity contribution in [2.75, 3.05) is 25.6 Å². The number of carbonyl (C=O) groups excluding carboxylic acids is 1. The van der Waals surface area contributed by atoms with Gasteiger partial charge in [0.1, 0.15) is 13.2 Å². The fraction of sp³-hybridized carbons (Fsp3) is 0.273. The van der Waals surface area contributed by atoms with Crippen molar-refractivity contribution >= 4 is 29.1 Å². The summed E-state index contributed by atoms with van der Waals surface area (Å²) in [6, 6.07) is 5.30. The molecule has 2 N–H and O–H groups in total. The first-order valence-electron chi connectivity index (χ1n) is 5.24. The third-order valence-electron chi connectivity index (χ3n) is 2.20. The highest BCUT2D eigenvalue weighted by Gasteiger charge is 2.12. The minimum Gasteiger partial charge on any atom is -0.486 e. The monoisotopic (exact) mass is 268 g/mol. The van der Waals surface area contributed by atoms with Crippen LogP contribution < -0.4 is 20.1 Å². The third-order valence-corrected chi connectivity index (χ3v) is 2.41. The van der Waals surface area contributed by atoms with Crippen LogP contribution in [0.2, 0.25) is 0 Å². The molecule has 18 heavy (non-hydrogen) atoms. The molecule has 96 valence electrons. The summed E-state index contributed by atoms with van der Waals surface area (Å²) in [4.78, 5) is 10.9. The molecule has 0 atom stereocenters. The van der Waals surface area contributed by atoms with Crippen LogP contribution >= 0.6 is 12.2 Å². The highest BCUT2D eigenvalue weighted by atomic mass is 32.1. The quantitative estimate of drug-likeness (QED) is 0.752. The molecular formula is C11H12N2O4S. The van der Waals surface area contributed by atoms with E-state index in [1.54, 1.807) is 18.2 Å². The van der Waals surface area contributed by atoms with Gasteiger partial charge in [-0.3, -0.25) is 5.32 Å². The Labute approximate surface area is 109 Å². The highest BCUT2D eigenvalue weighted by molar-refractivity contribution is 7.80. The van der Waals surface area contributed by atoms with Gasteiger partial charge in [0.05, 0.1) is 7.11 Å². The van der Waals surface area contributed by atoms with Crippen LogP contribution in [0, 0.1) is 0 Å². The van der Waals surface area contributed by atoms with E-state index in [2.05, 4.69) is 15.4 Å². The summed E-state index contributed by atoms with van der Waals surface area (Å²) in [5.74, 6) is 1.34. The molecule has 1 amide bonds. The van der Waals surface area contributed by atoms with Gasteiger partial charge >= 0.3 is 6.09 Å². The Hall–Kier alpha value is -2.02. The first-order chi connectivity index (χ1) is 8.69. The molecule has 0 radical (unpaired) electrons. The summed E-state index contributed by atoms with van der Waals surface area (Å²) in [5, 5.41) is 5.34. The fourth-order valence-electron chi connectivity index (χ4n) is 1.43. The number of ether oxygens (including phenoxy) is 3. The first-order valence-corrected chi connectivity index (χ1v) is 5.65. The minimum absolute atomic E-state index is 0.151. The van der Waals surface area contributed by atoms with E-state index in [0.717, 1.165) is 0 Å². The predicted octanol–water partition coefficient (Wildman–Crippen LogP) is 1.51. The molecule has 0 saturated carbocycles. The lowest BCUT2D eigenvalue weighted by molar-refractivity contribution is 0.171. The molecule has 1 aromatic carbocycles. The summed E-state index contributed by atoms with van der Waals surface area (Å²) in [5.41, 5.74) is 0.695. The zero-order valence-electron chi connectivity index (χ0n) is 9.69. The van der Waals surface area contributed by atoms with Crippen LogP contribution in [0.4, 0.5) is 10.5 Å². The van der Waals surface area contributed by atoms with E-state index >= 15 is 0 Å². The van der Waals surface area contributed by atoms with E-state index in [4.69, 9.17) is 21.7 Å². The lowest BCUT2D eigenvalue weighted by atomic mass is 10.2. The molecule has 0 aliphatic carbocycles. The van der Waals surface area contributed by atoms with Crippen molar-refractivity contribution in [3.05, 3.63) is 18.2 Å². The second-order valence-electron chi connectivity index (χ2n) is 3.43. The first kappa shape index (κ1) is 12.4. The zero-order valence-corrected chi connectivity index (χ0v) is 10.5. The highest BCUT2D eigenvalue weighted by Crippen LogP contribution is 2.32. The van der Waals surface area contributed by atoms with Crippen molar-refractivity contribution in [3.8, 4) is 11.5 Å². The predicted molar refractivity (Wildman–Crippen MR) is 69.2 cm³/mol. The molecule has 2 rings (SSSR count). The summed E-state index contributed by atoms with van der Waals surface area (Å²) in [6.45, 7) is 1.06. The Balaban J connectivity index is 2.01. The van der Waals surface area contributed by atoms with Gasteiger partial charge in [0.2, 0.25) is 0 Å². The van der Waals surface area contributed by atoms with Crippen molar-refractivity contribution in [2.45, 2.75) is 0 Å². The maximum Gasteiger partial charge on any atom is 0.413 e. The number of rotatable bonds is 1. The van der Waals surface area contributed by atoms with Crippen molar-refractivity contribution in [2.24, 2.45) is 0 Å². The number of nitrogens with one attached hydrogen (secondary N) is 2. The lowest BCUT2D eigenvalue weighted by Gasteiger charge is -2.19. The van der Waals surface area contributed by atoms with Crippen molar-refractivity contribution < 1.29 is 19.0 Å². The van der Waals surface area contributed by atoms with Crippen molar-refractivity contribution in [1.29, 1.82) is 0 Å². The van der Waals surface area contributed by atoms with Gasteiger partial charge in [0.25, 0.3) is 0 Å². The molecule has 0 fully saturated rings. The number of alkyl carbamates (subject to hydrolysis) is 1. The van der Waals surface area contributed by atoms with E-state index in [9.17, 15) is 4.79 Å². The number of hydrogen-bond acceptors (Lipinski definition) is 5. The van der Waals surface area contributed by atoms with Gasteiger partial charge < -0.3 is 19.5 Å². The van der Waals surface area contributed by atoms with Crippen LogP contribution in [0.5, 0.6) is 11.5 Å². The summed E-state index contributed by atoms with van der Waals surface area (Å²) in [6.07, 6.45) is -0.620. The third kappa shape index (κ3) is 3.01. The Morgan fingerprint density at radius 2 is 2.06 bits per heavy atom. The topological polar surface area (TPSA) is 68.8 Å². The molecule has 1 aliphatic heterocycles. The average Bonchev–Trinajstić information content (AvgIpc) is 2.38. The average molecular weight is 268 g/mol. The number of benzene rings is 1. The number of thiocarbonyl (C=S) groups is 1. The number of amides is 1. The fourth-order valence-corrected chi connectivity index (χ4v) is 1.63. The molecule has 7 heteroatoms. The Morgan fingerprint density at radius 1 is 1.33 bits per heavy atom. The standard InChI is InChI=1S/C11H12N2O4S/c1-15-11(14)13-10(18)12-7-2-3-8-9(6-7)17-5-4-16-8/h2-3,6H,4-5H2,1H3,(H2,12,13,14,18). The van der Waals surface area contributed by atoms with Gasteiger partial charge in [-0.1, -0.05) is 0 Å². The summed E-state index contributed by atoms with van der Waals surface area (Å²) in [7, 11) is 1.27. The Kier molecular flexibility index (Phi) is 3.83. The summed E-state index contributed by atoms with van der Waals surface area (Å²) >= 11 is 4.94. The molecular weight excluding hydrogens is 256 g/mol. The molecule has 0 spiro atoms. The van der Waals surface area contributed by atoms with Gasteiger partial charge in [0.15, 0.2) is 16.6 Å². The molecule has 1 aliphatic rings. The van der Waals surface area contributed by atoms with E-state index in [1.165, 1.54) is 7.11 Å². The molecule has 0 bridgehead atoms. The van der Waals surface area contributed by atoms with Crippen LogP contribution in [0.3, 0.4) is 0 Å². The SMILES string of the molecule is COC(=O)NC(=S)Nc1ccc2c(c1)OCCO2. The van der Waals surface area contributed by atoms with Crippen molar-refractivity contribution in [3.63, 3.8) is 0 Å². The molecule has 0 unspecified atom stereocenters. The Morgan fingerprint density at radius 3 is 2.78 bits per heavy atom. The van der Waals surface area contributed by atoms with E-state index < -0.39 is 6.09 Å². The summed E-state index contributed by atoms with van der Waals surface area (Å²) < 4.78 is 15.2. The maximum absolute atomic E-state index is 10.9. The lowest BCUT2D eigenvalue weighted by Crippen LogP contribution is -2.33. The van der Waals surface area contributed by atoms with Crippen LogP contribution in [-0.2, 0) is 4.74 Å². The van der Waals surface area contributed by atoms with E-state index in [-0.39, 0.29) is 5.11 Å². The second-order valence-corrected chi connectivity index (χ2v) is 3.84. The molecule has 1 aromatic rings. The smallest absolute Gasteiger partial charge is 0.413 e. The number of carbonyl (C=O) groups is 1. The van der Waals surface area contributed by atoms with Gasteiger partial charge in [-0.15, -0.1) is 0 Å². The molecule has 0 aromatic heterocycles. The normalized spacial score (nSPS) is 12.5. The van der Waals surface area contributed by atoms with Crippen LogP contribution in [0.1, 0.15) is 0 Å². The zero-order chi connectivity index (χ0) is 13.0. The van der Waals surface area contributed by atoms with Gasteiger partial charge in [-0.2, -0.15) is 0 Å². The van der Waals surface area contributed by atoms with Gasteiger partial charge in [-0.05, 0) is 24.4 Å². The second kappa shape index (κ2) is 5.54. The minimum atomic E-state index is -0.620. The molecule has 6 nitrogen and oxygen atoms in total. The number of methoxy groups -OCH3 is 1. The maximum atomic E-state index is 10.9. The van der Waals surface area contributed by atoms with Crippen molar-refractivity contribution in [1.82, 2.24) is 5.32 Å². The van der Waals surface area contributed by atoms with E-state index in [0.29, 0.717) is 30.4 Å². The van der Waals surface area contributed by atoms with Crippen LogP contribution in [0.15, 0.2) is 18.2 Å². The molecule has 1 heterocycles. The van der Waals surface area contributed by atoms with Gasteiger partial charge in [0, 0.05) is 11.8 Å². The van der Waals surface area contributed by atoms with Crippen LogP contribution in [-0.4, -0.2) is 31.5 Å². The number of fused-ring (bicyclic) bond motifs is 1. The van der Waals surface area contributed by atoms with Gasteiger partial charge in [-0.25, -0.2) is 4.79 Å². The van der Waals surface area contributed by atoms with E-state index in [1.807, 2.05) is 0 Å². The number of anilines is 1. The Bertz CT molecular complexity index is 478. The number of hydrogen-bond donors (Lipinski definition) is 2. The van der Waals surface area contributed by atoms with Crippen LogP contribution in [0.25, 0.3) is 0 Å².